The first-order chi connectivity index (χ1) is 7.36. The van der Waals surface area contributed by atoms with Crippen LogP contribution >= 0.6 is 0 Å². The van der Waals surface area contributed by atoms with E-state index in [-0.39, 0.29) is 12.4 Å². The Hall–Kier alpha value is -1.35. The first-order valence-corrected chi connectivity index (χ1v) is 5.30. The van der Waals surface area contributed by atoms with E-state index in [9.17, 15) is 4.79 Å². The van der Waals surface area contributed by atoms with Gasteiger partial charge in [0.2, 0.25) is 0 Å². The molecule has 2 N–H and O–H groups in total. The van der Waals surface area contributed by atoms with Crippen molar-refractivity contribution >= 4 is 5.97 Å². The van der Waals surface area contributed by atoms with Crippen molar-refractivity contribution in [1.82, 2.24) is 0 Å². The average molecular weight is 221 g/mol. The number of ether oxygens (including phenoxy) is 1. The summed E-state index contributed by atoms with van der Waals surface area (Å²) in [6.07, 6.45) is 0.187. The minimum Gasteiger partial charge on any atom is -0.469 e. The predicted octanol–water partition coefficient (Wildman–Crippen LogP) is 2.04. The van der Waals surface area contributed by atoms with Gasteiger partial charge < -0.3 is 10.5 Å². The number of hydrogen-bond donors (Lipinski definition) is 1. The van der Waals surface area contributed by atoms with Gasteiger partial charge in [-0.25, -0.2) is 0 Å². The number of nitrogens with two attached hydrogens (primary N) is 1. The number of aryl methyl sites for hydroxylation is 2. The molecule has 1 aromatic carbocycles. The van der Waals surface area contributed by atoms with Gasteiger partial charge in [-0.15, -0.1) is 0 Å². The lowest BCUT2D eigenvalue weighted by molar-refractivity contribution is -0.141. The Balaban J connectivity index is 2.97. The Morgan fingerprint density at radius 2 is 2.00 bits per heavy atom. The summed E-state index contributed by atoms with van der Waals surface area (Å²) in [5, 5.41) is 0. The summed E-state index contributed by atoms with van der Waals surface area (Å²) in [6.45, 7) is 5.92. The van der Waals surface area contributed by atoms with Crippen molar-refractivity contribution in [3.05, 3.63) is 34.9 Å². The van der Waals surface area contributed by atoms with Crippen LogP contribution in [-0.2, 0) is 15.1 Å². The molecule has 88 valence electrons. The maximum absolute atomic E-state index is 11.3. The normalized spacial score (nSPS) is 14.3. The fourth-order valence-corrected chi connectivity index (χ4v) is 1.57. The van der Waals surface area contributed by atoms with E-state index in [1.165, 1.54) is 18.2 Å². The van der Waals surface area contributed by atoms with Crippen LogP contribution in [0.2, 0.25) is 0 Å². The van der Waals surface area contributed by atoms with Crippen LogP contribution in [0.3, 0.4) is 0 Å². The molecule has 1 rings (SSSR count). The van der Waals surface area contributed by atoms with Crippen LogP contribution in [0.4, 0.5) is 0 Å². The summed E-state index contributed by atoms with van der Waals surface area (Å²) >= 11 is 0. The SMILES string of the molecule is COC(=O)CC(C)(N)c1ccc(C)c(C)c1. The fraction of sp³-hybridized carbons (Fsp3) is 0.462. The van der Waals surface area contributed by atoms with Gasteiger partial charge in [0.25, 0.3) is 0 Å². The topological polar surface area (TPSA) is 52.3 Å². The number of hydrogen-bond acceptors (Lipinski definition) is 3. The third-order valence-electron chi connectivity index (χ3n) is 2.91. The molecular formula is C13H19NO2. The summed E-state index contributed by atoms with van der Waals surface area (Å²) in [5.74, 6) is -0.289. The maximum atomic E-state index is 11.3. The molecule has 0 fully saturated rings. The molecule has 16 heavy (non-hydrogen) atoms. The van der Waals surface area contributed by atoms with Gasteiger partial charge in [-0.2, -0.15) is 0 Å². The van der Waals surface area contributed by atoms with Crippen molar-refractivity contribution in [2.45, 2.75) is 32.7 Å². The molecule has 1 atom stereocenters. The van der Waals surface area contributed by atoms with Gasteiger partial charge in [0, 0.05) is 5.54 Å². The molecular weight excluding hydrogens is 202 g/mol. The Bertz CT molecular complexity index is 397. The Labute approximate surface area is 96.6 Å². The monoisotopic (exact) mass is 221 g/mol. The van der Waals surface area contributed by atoms with Gasteiger partial charge in [0.15, 0.2) is 0 Å². The van der Waals surface area contributed by atoms with E-state index in [1.54, 1.807) is 0 Å². The predicted molar refractivity (Wildman–Crippen MR) is 64.1 cm³/mol. The van der Waals surface area contributed by atoms with Crippen molar-refractivity contribution < 1.29 is 9.53 Å². The second kappa shape index (κ2) is 4.66. The molecule has 0 aliphatic rings. The van der Waals surface area contributed by atoms with E-state index >= 15 is 0 Å². The van der Waals surface area contributed by atoms with Gasteiger partial charge in [-0.05, 0) is 37.5 Å². The summed E-state index contributed by atoms with van der Waals surface area (Å²) in [7, 11) is 1.37. The number of benzene rings is 1. The summed E-state index contributed by atoms with van der Waals surface area (Å²) in [4.78, 5) is 11.3. The molecule has 0 spiro atoms. The first kappa shape index (κ1) is 12.7. The minimum atomic E-state index is -0.675. The molecule has 3 nitrogen and oxygen atoms in total. The maximum Gasteiger partial charge on any atom is 0.307 e. The number of carbonyl (C=O) groups is 1. The summed E-state index contributed by atoms with van der Waals surface area (Å²) in [5.41, 5.74) is 8.82. The van der Waals surface area contributed by atoms with Gasteiger partial charge in [0.1, 0.15) is 0 Å². The minimum absolute atomic E-state index is 0.187. The highest BCUT2D eigenvalue weighted by molar-refractivity contribution is 5.71. The van der Waals surface area contributed by atoms with Crippen molar-refractivity contribution in [3.63, 3.8) is 0 Å². The lowest BCUT2D eigenvalue weighted by Gasteiger charge is -2.24. The number of carbonyl (C=O) groups excluding carboxylic acids is 1. The van der Waals surface area contributed by atoms with Crippen LogP contribution in [0.1, 0.15) is 30.0 Å². The Morgan fingerprint density at radius 1 is 1.38 bits per heavy atom. The molecule has 0 bridgehead atoms. The van der Waals surface area contributed by atoms with E-state index < -0.39 is 5.54 Å². The number of rotatable bonds is 3. The van der Waals surface area contributed by atoms with E-state index in [2.05, 4.69) is 4.74 Å². The largest absolute Gasteiger partial charge is 0.469 e. The molecule has 1 aromatic rings. The van der Waals surface area contributed by atoms with Crippen LogP contribution in [-0.4, -0.2) is 13.1 Å². The van der Waals surface area contributed by atoms with Crippen LogP contribution in [0.15, 0.2) is 18.2 Å². The highest BCUT2D eigenvalue weighted by Crippen LogP contribution is 2.24. The Morgan fingerprint density at radius 3 is 2.50 bits per heavy atom. The lowest BCUT2D eigenvalue weighted by atomic mass is 9.88. The second-order valence-corrected chi connectivity index (χ2v) is 4.47. The highest BCUT2D eigenvalue weighted by atomic mass is 16.5. The number of esters is 1. The van der Waals surface area contributed by atoms with Gasteiger partial charge in [0.05, 0.1) is 13.5 Å². The lowest BCUT2D eigenvalue weighted by Crippen LogP contribution is -2.36. The fourth-order valence-electron chi connectivity index (χ4n) is 1.57. The zero-order chi connectivity index (χ0) is 12.3. The summed E-state index contributed by atoms with van der Waals surface area (Å²) < 4.78 is 4.64. The van der Waals surface area contributed by atoms with Crippen LogP contribution in [0.5, 0.6) is 0 Å². The third-order valence-corrected chi connectivity index (χ3v) is 2.91. The molecule has 0 aliphatic carbocycles. The van der Waals surface area contributed by atoms with Crippen molar-refractivity contribution in [1.29, 1.82) is 0 Å². The first-order valence-electron chi connectivity index (χ1n) is 5.30. The molecule has 3 heteroatoms. The van der Waals surface area contributed by atoms with Crippen LogP contribution < -0.4 is 5.73 Å². The highest BCUT2D eigenvalue weighted by Gasteiger charge is 2.25. The van der Waals surface area contributed by atoms with Gasteiger partial charge >= 0.3 is 5.97 Å². The van der Waals surface area contributed by atoms with Crippen LogP contribution in [0.25, 0.3) is 0 Å². The standard InChI is InChI=1S/C13H19NO2/c1-9-5-6-11(7-10(9)2)13(3,14)8-12(15)16-4/h5-7H,8,14H2,1-4H3. The molecule has 0 saturated heterocycles. The number of methoxy groups -OCH3 is 1. The quantitative estimate of drug-likeness (QED) is 0.795. The zero-order valence-electron chi connectivity index (χ0n) is 10.3. The average Bonchev–Trinajstić information content (AvgIpc) is 2.21. The molecule has 0 amide bonds. The van der Waals surface area contributed by atoms with E-state index in [0.717, 1.165) is 5.56 Å². The third kappa shape index (κ3) is 2.83. The van der Waals surface area contributed by atoms with Gasteiger partial charge in [-0.3, -0.25) is 4.79 Å². The molecule has 0 radical (unpaired) electrons. The Kier molecular flexibility index (Phi) is 3.70. The molecule has 0 aliphatic heterocycles. The molecule has 0 heterocycles. The molecule has 0 saturated carbocycles. The van der Waals surface area contributed by atoms with Gasteiger partial charge in [-0.1, -0.05) is 18.2 Å². The second-order valence-electron chi connectivity index (χ2n) is 4.47. The molecule has 0 aromatic heterocycles. The van der Waals surface area contributed by atoms with E-state index in [1.807, 2.05) is 39.0 Å². The zero-order valence-corrected chi connectivity index (χ0v) is 10.3. The van der Waals surface area contributed by atoms with Crippen molar-refractivity contribution in [2.24, 2.45) is 5.73 Å². The summed E-state index contributed by atoms with van der Waals surface area (Å²) in [6, 6.07) is 6.01. The van der Waals surface area contributed by atoms with E-state index in [0.29, 0.717) is 0 Å². The van der Waals surface area contributed by atoms with Crippen LogP contribution in [0, 0.1) is 13.8 Å². The van der Waals surface area contributed by atoms with Crippen molar-refractivity contribution in [2.75, 3.05) is 7.11 Å². The molecule has 1 unspecified atom stereocenters. The van der Waals surface area contributed by atoms with E-state index in [4.69, 9.17) is 5.73 Å². The van der Waals surface area contributed by atoms with Crippen molar-refractivity contribution in [3.8, 4) is 0 Å². The smallest absolute Gasteiger partial charge is 0.307 e.